The molecule has 0 saturated heterocycles. The Labute approximate surface area is 468 Å². The van der Waals surface area contributed by atoms with Crippen molar-refractivity contribution in [2.24, 2.45) is 0 Å². The summed E-state index contributed by atoms with van der Waals surface area (Å²) >= 11 is 0. The van der Waals surface area contributed by atoms with Crippen LogP contribution in [-0.4, -0.2) is 47.4 Å². The summed E-state index contributed by atoms with van der Waals surface area (Å²) in [5, 5.41) is 23.4. The first-order valence-corrected chi connectivity index (χ1v) is 33.7. The predicted molar refractivity (Wildman–Crippen MR) is 329 cm³/mol. The lowest BCUT2D eigenvalue weighted by atomic mass is 10.0. The number of carbonyl (C=O) groups excluding carboxylic acids is 2. The second kappa shape index (κ2) is 64.6. The van der Waals surface area contributed by atoms with Crippen LogP contribution in [0.25, 0.3) is 0 Å². The van der Waals surface area contributed by atoms with Crippen LogP contribution < -0.4 is 5.32 Å². The molecule has 0 radical (unpaired) electrons. The number of hydrogen-bond acceptors (Lipinski definition) is 5. The molecule has 0 aromatic rings. The van der Waals surface area contributed by atoms with Crippen LogP contribution in [-0.2, 0) is 14.3 Å². The second-order valence-electron chi connectivity index (χ2n) is 23.1. The van der Waals surface area contributed by atoms with E-state index in [1.165, 1.54) is 283 Å². The van der Waals surface area contributed by atoms with Crippen LogP contribution in [0.15, 0.2) is 36.5 Å². The number of carbonyl (C=O) groups is 2. The van der Waals surface area contributed by atoms with Gasteiger partial charge in [0.1, 0.15) is 0 Å². The van der Waals surface area contributed by atoms with E-state index in [0.717, 1.165) is 51.4 Å². The van der Waals surface area contributed by atoms with Crippen LogP contribution in [0.1, 0.15) is 367 Å². The Kier molecular flexibility index (Phi) is 63.0. The van der Waals surface area contributed by atoms with E-state index in [2.05, 4.69) is 55.6 Å². The summed E-state index contributed by atoms with van der Waals surface area (Å²) in [5.74, 6) is -0.0340. The molecule has 0 heterocycles. The molecule has 2 atom stereocenters. The lowest BCUT2D eigenvalue weighted by Crippen LogP contribution is -2.45. The first-order chi connectivity index (χ1) is 37.0. The minimum atomic E-state index is -0.666. The summed E-state index contributed by atoms with van der Waals surface area (Å²) in [5.41, 5.74) is 0. The fourth-order valence-electron chi connectivity index (χ4n) is 10.5. The molecule has 0 aromatic carbocycles. The molecule has 6 heteroatoms. The van der Waals surface area contributed by atoms with E-state index in [0.29, 0.717) is 25.9 Å². The number of amides is 1. The third-order valence-electron chi connectivity index (χ3n) is 15.7. The SMILES string of the molecule is CCCC/C=C\C/C=C\CCCCCCCC(=O)OCCCCCCCCCCCCCC/C=C\CCCCCCCCCCCCC(=O)NC(CO)C(O)CCCCCCCCCCCCCCCCCCCC. The van der Waals surface area contributed by atoms with Crippen LogP contribution in [0.5, 0.6) is 0 Å². The zero-order valence-corrected chi connectivity index (χ0v) is 50.5. The zero-order valence-electron chi connectivity index (χ0n) is 50.5. The lowest BCUT2D eigenvalue weighted by Gasteiger charge is -2.22. The first-order valence-electron chi connectivity index (χ1n) is 33.7. The minimum absolute atomic E-state index is 0.0000382. The van der Waals surface area contributed by atoms with Crippen LogP contribution in [0, 0.1) is 0 Å². The summed E-state index contributed by atoms with van der Waals surface area (Å²) < 4.78 is 5.48. The smallest absolute Gasteiger partial charge is 0.305 e. The van der Waals surface area contributed by atoms with Crippen molar-refractivity contribution in [3.8, 4) is 0 Å². The maximum Gasteiger partial charge on any atom is 0.305 e. The summed E-state index contributed by atoms with van der Waals surface area (Å²) in [7, 11) is 0. The van der Waals surface area contributed by atoms with Gasteiger partial charge in [0.25, 0.3) is 0 Å². The van der Waals surface area contributed by atoms with Gasteiger partial charge in [0.15, 0.2) is 0 Å². The van der Waals surface area contributed by atoms with Gasteiger partial charge in [-0.2, -0.15) is 0 Å². The number of allylic oxidation sites excluding steroid dienone is 6. The molecule has 0 aliphatic heterocycles. The quantitative estimate of drug-likeness (QED) is 0.0320. The average Bonchev–Trinajstić information content (AvgIpc) is 3.41. The number of unbranched alkanes of at least 4 members (excludes halogenated alkanes) is 46. The molecule has 0 bridgehead atoms. The van der Waals surface area contributed by atoms with Crippen LogP contribution in [0.3, 0.4) is 0 Å². The predicted octanol–water partition coefficient (Wildman–Crippen LogP) is 21.5. The molecule has 0 aliphatic rings. The van der Waals surface area contributed by atoms with Gasteiger partial charge in [-0.25, -0.2) is 0 Å². The maximum atomic E-state index is 12.5. The Bertz CT molecular complexity index is 1210. The highest BCUT2D eigenvalue weighted by atomic mass is 16.5. The molecule has 0 aromatic heterocycles. The van der Waals surface area contributed by atoms with E-state index in [-0.39, 0.29) is 18.5 Å². The van der Waals surface area contributed by atoms with Gasteiger partial charge in [0.2, 0.25) is 5.91 Å². The van der Waals surface area contributed by atoms with Crippen LogP contribution in [0.2, 0.25) is 0 Å². The van der Waals surface area contributed by atoms with Crippen molar-refractivity contribution in [1.29, 1.82) is 0 Å². The van der Waals surface area contributed by atoms with Crippen LogP contribution in [0.4, 0.5) is 0 Å². The Morgan fingerprint density at radius 2 is 0.680 bits per heavy atom. The Morgan fingerprint density at radius 1 is 0.373 bits per heavy atom. The van der Waals surface area contributed by atoms with E-state index in [1.807, 2.05) is 0 Å². The molecule has 6 nitrogen and oxygen atoms in total. The second-order valence-corrected chi connectivity index (χ2v) is 23.1. The number of rotatable bonds is 63. The largest absolute Gasteiger partial charge is 0.466 e. The van der Waals surface area contributed by atoms with Crippen molar-refractivity contribution in [2.45, 2.75) is 379 Å². The molecular weight excluding hydrogens is 923 g/mol. The highest BCUT2D eigenvalue weighted by Gasteiger charge is 2.20. The van der Waals surface area contributed by atoms with Gasteiger partial charge in [0.05, 0.1) is 25.4 Å². The van der Waals surface area contributed by atoms with Crippen molar-refractivity contribution in [2.75, 3.05) is 13.2 Å². The highest BCUT2D eigenvalue weighted by molar-refractivity contribution is 5.76. The molecule has 1 amide bonds. The summed E-state index contributed by atoms with van der Waals surface area (Å²) in [6, 6.07) is -0.544. The molecule has 0 rings (SSSR count). The Hall–Kier alpha value is -1.92. The molecule has 0 spiro atoms. The summed E-state index contributed by atoms with van der Waals surface area (Å²) in [6.45, 7) is 4.93. The fraction of sp³-hybridized carbons (Fsp3) is 0.884. The van der Waals surface area contributed by atoms with Gasteiger partial charge in [-0.15, -0.1) is 0 Å². The monoisotopic (exact) mass is 1050 g/mol. The van der Waals surface area contributed by atoms with Crippen molar-refractivity contribution < 1.29 is 24.5 Å². The fourth-order valence-corrected chi connectivity index (χ4v) is 10.5. The molecule has 0 aliphatic carbocycles. The molecule has 75 heavy (non-hydrogen) atoms. The van der Waals surface area contributed by atoms with Crippen molar-refractivity contribution in [3.63, 3.8) is 0 Å². The first kappa shape index (κ1) is 73.1. The standard InChI is InChI=1S/C69H131NO5/c1-3-5-7-9-11-13-15-17-19-20-31-34-37-41-45-49-53-57-61-67(72)66(65-71)70-68(73)62-58-54-50-46-42-38-35-32-29-27-25-23-21-22-24-26-28-30-33-36-40-44-48-52-56-60-64-75-69(74)63-59-55-51-47-43-39-18-16-14-12-10-8-6-4-2/h10,12,16,18,21,23,66-67,71-72H,3-9,11,13-15,17,19-20,22,24-65H2,1-2H3,(H,70,73)/b12-10-,18-16-,23-21-. The lowest BCUT2D eigenvalue weighted by molar-refractivity contribution is -0.143. The van der Waals surface area contributed by atoms with Crippen molar-refractivity contribution >= 4 is 11.9 Å². The normalized spacial score (nSPS) is 12.7. The number of ether oxygens (including phenoxy) is 1. The van der Waals surface area contributed by atoms with E-state index in [1.54, 1.807) is 0 Å². The Balaban J connectivity index is 3.40. The summed E-state index contributed by atoms with van der Waals surface area (Å²) in [4.78, 5) is 24.6. The van der Waals surface area contributed by atoms with Crippen molar-refractivity contribution in [3.05, 3.63) is 36.5 Å². The third-order valence-corrected chi connectivity index (χ3v) is 15.7. The van der Waals surface area contributed by atoms with Crippen molar-refractivity contribution in [1.82, 2.24) is 5.32 Å². The summed E-state index contributed by atoms with van der Waals surface area (Å²) in [6.07, 6.45) is 81.7. The topological polar surface area (TPSA) is 95.9 Å². The van der Waals surface area contributed by atoms with Gasteiger partial charge in [-0.3, -0.25) is 9.59 Å². The van der Waals surface area contributed by atoms with Gasteiger partial charge < -0.3 is 20.3 Å². The number of aliphatic hydroxyl groups excluding tert-OH is 2. The highest BCUT2D eigenvalue weighted by Crippen LogP contribution is 2.18. The number of esters is 1. The maximum absolute atomic E-state index is 12.5. The molecule has 2 unspecified atom stereocenters. The molecule has 0 fully saturated rings. The van der Waals surface area contributed by atoms with Gasteiger partial charge >= 0.3 is 5.97 Å². The van der Waals surface area contributed by atoms with Crippen LogP contribution >= 0.6 is 0 Å². The molecular formula is C69H131NO5. The minimum Gasteiger partial charge on any atom is -0.466 e. The molecule has 3 N–H and O–H groups in total. The van der Waals surface area contributed by atoms with E-state index >= 15 is 0 Å². The number of aliphatic hydroxyl groups is 2. The van der Waals surface area contributed by atoms with E-state index in [4.69, 9.17) is 4.74 Å². The van der Waals surface area contributed by atoms with Gasteiger partial charge in [-0.05, 0) is 77.0 Å². The Morgan fingerprint density at radius 3 is 1.07 bits per heavy atom. The number of hydrogen-bond donors (Lipinski definition) is 3. The van der Waals surface area contributed by atoms with Gasteiger partial charge in [-0.1, -0.05) is 314 Å². The van der Waals surface area contributed by atoms with E-state index in [9.17, 15) is 19.8 Å². The zero-order chi connectivity index (χ0) is 54.3. The molecule has 0 saturated carbocycles. The van der Waals surface area contributed by atoms with Gasteiger partial charge in [0, 0.05) is 12.8 Å². The molecule has 442 valence electrons. The van der Waals surface area contributed by atoms with E-state index < -0.39 is 12.1 Å². The third kappa shape index (κ3) is 61.2. The number of nitrogens with one attached hydrogen (secondary N) is 1. The average molecular weight is 1050 g/mol.